The van der Waals surface area contributed by atoms with Crippen LogP contribution in [0.5, 0.6) is 0 Å². The number of thiazole rings is 1. The van der Waals surface area contributed by atoms with Gasteiger partial charge < -0.3 is 46.2 Å². The second-order valence-electron chi connectivity index (χ2n) is 21.3. The summed E-state index contributed by atoms with van der Waals surface area (Å²) >= 11 is 1.57. The molecule has 20 nitrogen and oxygen atoms in total. The number of anilines is 5. The van der Waals surface area contributed by atoms with Crippen molar-refractivity contribution in [1.82, 2.24) is 45.4 Å². The third-order valence-electron chi connectivity index (χ3n) is 12.8. The normalized spacial score (nSPS) is 16.8. The first-order valence-corrected chi connectivity index (χ1v) is 27.9. The number of rotatable bonds is 21. The van der Waals surface area contributed by atoms with E-state index in [0.29, 0.717) is 30.5 Å². The minimum absolute atomic E-state index is 0.0177. The molecular weight excluding hydrogens is 1010 g/mol. The predicted molar refractivity (Wildman–Crippen MR) is 295 cm³/mol. The number of hydrogen-bond acceptors (Lipinski definition) is 16. The lowest BCUT2D eigenvalue weighted by Crippen LogP contribution is -2.57. The van der Waals surface area contributed by atoms with Gasteiger partial charge in [0.2, 0.25) is 39.6 Å². The zero-order valence-electron chi connectivity index (χ0n) is 44.6. The number of aliphatic hydroxyl groups is 1. The van der Waals surface area contributed by atoms with Crippen LogP contribution in [0.15, 0.2) is 89.4 Å². The number of carbonyl (C=O) groups excluding carboxylic acids is 4. The fraction of sp³-hybridized carbons (Fsp3) is 0.463. The third-order valence-corrected chi connectivity index (χ3v) is 15.5. The molecule has 2 saturated heterocycles. The Balaban J connectivity index is 0.783. The fourth-order valence-corrected chi connectivity index (χ4v) is 11.1. The number of aryl methyl sites for hydroxylation is 2. The monoisotopic (exact) mass is 1080 g/mol. The molecule has 0 saturated carbocycles. The number of likely N-dealkylation sites (tertiary alicyclic amines) is 1. The van der Waals surface area contributed by atoms with Gasteiger partial charge >= 0.3 is 0 Å². The van der Waals surface area contributed by atoms with Crippen LogP contribution < -0.4 is 36.2 Å². The maximum atomic E-state index is 14.0. The van der Waals surface area contributed by atoms with E-state index in [4.69, 9.17) is 4.74 Å². The number of aromatic nitrogens is 3. The average Bonchev–Trinajstić information content (AvgIpc) is 3.99. The van der Waals surface area contributed by atoms with Crippen LogP contribution in [0, 0.1) is 19.3 Å². The molecule has 2 aliphatic heterocycles. The summed E-state index contributed by atoms with van der Waals surface area (Å²) in [5, 5.41) is 25.7. The second-order valence-corrected chi connectivity index (χ2v) is 23.9. The number of carbonyl (C=O) groups is 4. The van der Waals surface area contributed by atoms with Crippen molar-refractivity contribution < 1.29 is 37.4 Å². The summed E-state index contributed by atoms with van der Waals surface area (Å²) in [5.74, 6) is -0.436. The van der Waals surface area contributed by atoms with Gasteiger partial charge in [0.05, 0.1) is 46.8 Å². The van der Waals surface area contributed by atoms with Crippen molar-refractivity contribution >= 4 is 73.8 Å². The summed E-state index contributed by atoms with van der Waals surface area (Å²) < 4.78 is 34.2. The number of aliphatic hydroxyl groups excluding tert-OH is 1. The average molecular weight is 1080 g/mol. The summed E-state index contributed by atoms with van der Waals surface area (Å²) in [5.41, 5.74) is 6.55. The molecule has 2 aromatic heterocycles. The zero-order valence-corrected chi connectivity index (χ0v) is 46.2. The molecule has 4 heterocycles. The third kappa shape index (κ3) is 16.0. The van der Waals surface area contributed by atoms with Crippen LogP contribution >= 0.6 is 11.3 Å². The summed E-state index contributed by atoms with van der Waals surface area (Å²) in [4.78, 5) is 73.9. The molecule has 2 fully saturated rings. The van der Waals surface area contributed by atoms with Crippen LogP contribution in [0.2, 0.25) is 0 Å². The molecule has 76 heavy (non-hydrogen) atoms. The lowest BCUT2D eigenvalue weighted by Gasteiger charge is -2.35. The van der Waals surface area contributed by atoms with Crippen molar-refractivity contribution in [2.24, 2.45) is 5.41 Å². The van der Waals surface area contributed by atoms with E-state index >= 15 is 0 Å². The number of nitrogens with one attached hydrogen (secondary N) is 6. The van der Waals surface area contributed by atoms with Crippen molar-refractivity contribution in [2.45, 2.75) is 103 Å². The minimum Gasteiger partial charge on any atom is -0.391 e. The van der Waals surface area contributed by atoms with Crippen molar-refractivity contribution in [1.29, 1.82) is 0 Å². The standard InChI is InChI=1S/C54H72N12O8S2/c1-35-30-57-52(62-49(35)59-40-10-9-11-43(28-40)76(72,73)63-54(6,7)8)60-39-16-18-41(19-17-39)65-24-22-64(23-25-65)33-46(69)55-21-27-74-26-20-45(68)61-48(53(3,4)5)51(71)66-32-42(67)29-44(66)50(70)56-31-37-12-14-38(15-13-37)47-36(2)58-34-75-47/h9-19,28,30,34,42,44,48,63,67H,20-27,29,31-33H2,1-8H3,(H,55,69)(H,56,70)(H,61,68)(H2,57,59,60,62)/t42-,44-,48+/m0/s1. The Morgan fingerprint density at radius 2 is 1.58 bits per heavy atom. The summed E-state index contributed by atoms with van der Waals surface area (Å²) in [7, 11) is -3.72. The first kappa shape index (κ1) is 57.2. The van der Waals surface area contributed by atoms with Crippen molar-refractivity contribution in [2.75, 3.05) is 74.6 Å². The van der Waals surface area contributed by atoms with Crippen molar-refractivity contribution in [3.63, 3.8) is 0 Å². The number of benzene rings is 3. The second kappa shape index (κ2) is 25.1. The molecule has 2 aliphatic rings. The smallest absolute Gasteiger partial charge is 0.246 e. The van der Waals surface area contributed by atoms with E-state index in [0.717, 1.165) is 51.7 Å². The van der Waals surface area contributed by atoms with E-state index in [2.05, 4.69) is 56.1 Å². The van der Waals surface area contributed by atoms with Gasteiger partial charge in [-0.25, -0.2) is 23.1 Å². The van der Waals surface area contributed by atoms with E-state index < -0.39 is 51.0 Å². The maximum Gasteiger partial charge on any atom is 0.246 e. The highest BCUT2D eigenvalue weighted by molar-refractivity contribution is 7.89. The molecule has 0 spiro atoms. The van der Waals surface area contributed by atoms with Gasteiger partial charge in [-0.3, -0.25) is 24.1 Å². The lowest BCUT2D eigenvalue weighted by molar-refractivity contribution is -0.144. The van der Waals surface area contributed by atoms with Crippen LogP contribution in [0.4, 0.5) is 28.8 Å². The van der Waals surface area contributed by atoms with Crippen molar-refractivity contribution in [3.8, 4) is 10.4 Å². The lowest BCUT2D eigenvalue weighted by atomic mass is 9.85. The fourth-order valence-electron chi connectivity index (χ4n) is 8.82. The van der Waals surface area contributed by atoms with Crippen LogP contribution in [0.25, 0.3) is 10.4 Å². The number of amides is 4. The number of β-amino-alcohol motifs (C(OH)–C–C–N with tert-alkyl or cyclic N) is 1. The highest BCUT2D eigenvalue weighted by Crippen LogP contribution is 2.30. The molecule has 3 atom stereocenters. The Morgan fingerprint density at radius 1 is 0.855 bits per heavy atom. The van der Waals surface area contributed by atoms with E-state index in [1.807, 2.05) is 88.7 Å². The maximum absolute atomic E-state index is 14.0. The minimum atomic E-state index is -3.72. The van der Waals surface area contributed by atoms with E-state index in [1.165, 1.54) is 4.90 Å². The number of ether oxygens (including phenoxy) is 1. The van der Waals surface area contributed by atoms with Crippen LogP contribution in [0.1, 0.15) is 71.2 Å². The number of piperazine rings is 1. The van der Waals surface area contributed by atoms with Gasteiger partial charge in [0.25, 0.3) is 0 Å². The molecule has 0 aliphatic carbocycles. The molecule has 3 aromatic carbocycles. The quantitative estimate of drug-likeness (QED) is 0.0465. The molecule has 5 aromatic rings. The topological polar surface area (TPSA) is 252 Å². The van der Waals surface area contributed by atoms with Crippen LogP contribution in [-0.4, -0.2) is 145 Å². The Morgan fingerprint density at radius 3 is 2.25 bits per heavy atom. The first-order chi connectivity index (χ1) is 36.0. The molecular formula is C54H72N12O8S2. The Labute approximate surface area is 449 Å². The molecule has 0 bridgehead atoms. The molecule has 0 unspecified atom stereocenters. The molecule has 7 N–H and O–H groups in total. The molecule has 408 valence electrons. The Hall–Kier alpha value is -6.56. The van der Waals surface area contributed by atoms with Gasteiger partial charge in [-0.05, 0) is 93.6 Å². The Kier molecular flexibility index (Phi) is 18.8. The highest BCUT2D eigenvalue weighted by Gasteiger charge is 2.44. The zero-order chi connectivity index (χ0) is 54.8. The van der Waals surface area contributed by atoms with Gasteiger partial charge in [-0.2, -0.15) is 4.98 Å². The van der Waals surface area contributed by atoms with Crippen LogP contribution in [0.3, 0.4) is 0 Å². The van der Waals surface area contributed by atoms with Crippen LogP contribution in [-0.2, 0) is 40.5 Å². The van der Waals surface area contributed by atoms with Gasteiger partial charge in [-0.1, -0.05) is 51.1 Å². The van der Waals surface area contributed by atoms with Gasteiger partial charge in [0.15, 0.2) is 0 Å². The number of hydrogen-bond donors (Lipinski definition) is 7. The van der Waals surface area contributed by atoms with Crippen molar-refractivity contribution in [3.05, 3.63) is 101 Å². The summed E-state index contributed by atoms with van der Waals surface area (Å²) in [6.45, 7) is 18.6. The van der Waals surface area contributed by atoms with Gasteiger partial charge in [0.1, 0.15) is 17.9 Å². The molecule has 22 heteroatoms. The summed E-state index contributed by atoms with van der Waals surface area (Å²) in [6, 6.07) is 20.5. The molecule has 7 rings (SSSR count). The molecule has 4 amide bonds. The first-order valence-electron chi connectivity index (χ1n) is 25.5. The largest absolute Gasteiger partial charge is 0.391 e. The number of nitrogens with zero attached hydrogens (tertiary/aromatic N) is 6. The van der Waals surface area contributed by atoms with Gasteiger partial charge in [0, 0.05) is 93.0 Å². The SMILES string of the molecule is Cc1cnc(Nc2ccc(N3CCN(CC(=O)NCCOCCC(=O)N[C@H](C(=O)N4C[C@@H](O)C[C@H]4C(=O)NCc4ccc(-c5scnc5C)cc4)C(C)(C)C)CC3)cc2)nc1Nc1cccc(S(=O)(=O)NC(C)(C)C)c1. The van der Waals surface area contributed by atoms with E-state index in [9.17, 15) is 32.7 Å². The van der Waals surface area contributed by atoms with E-state index in [-0.39, 0.29) is 68.9 Å². The Bertz CT molecular complexity index is 2920. The summed E-state index contributed by atoms with van der Waals surface area (Å²) in [6.07, 6.45) is 0.883. The molecule has 0 radical (unpaired) electrons. The number of sulfonamides is 1. The van der Waals surface area contributed by atoms with E-state index in [1.54, 1.807) is 62.6 Å². The highest BCUT2D eigenvalue weighted by atomic mass is 32.2. The predicted octanol–water partition coefficient (Wildman–Crippen LogP) is 5.23. The van der Waals surface area contributed by atoms with Gasteiger partial charge in [-0.15, -0.1) is 11.3 Å².